The second-order valence-electron chi connectivity index (χ2n) is 12.3. The first kappa shape index (κ1) is 31.6. The van der Waals surface area contributed by atoms with Crippen molar-refractivity contribution < 1.29 is 43.9 Å². The molecule has 0 fully saturated rings. The summed E-state index contributed by atoms with van der Waals surface area (Å²) in [5, 5.41) is 0. The predicted octanol–water partition coefficient (Wildman–Crippen LogP) is 9.15. The van der Waals surface area contributed by atoms with Gasteiger partial charge < -0.3 is 0 Å². The Labute approximate surface area is 245 Å². The van der Waals surface area contributed by atoms with Crippen LogP contribution in [-0.4, -0.2) is 19.1 Å². The van der Waals surface area contributed by atoms with Crippen LogP contribution in [0.5, 0.6) is 0 Å². The highest BCUT2D eigenvalue weighted by molar-refractivity contribution is 5.51. The van der Waals surface area contributed by atoms with E-state index in [1.807, 2.05) is 0 Å². The van der Waals surface area contributed by atoms with Crippen LogP contribution in [0.4, 0.5) is 43.9 Å². The van der Waals surface area contributed by atoms with E-state index in [0.29, 0.717) is 15.3 Å². The fourth-order valence-corrected chi connectivity index (χ4v) is 5.70. The molecule has 0 N–H and O–H groups in total. The van der Waals surface area contributed by atoms with Crippen LogP contribution in [0.25, 0.3) is 11.6 Å². The van der Waals surface area contributed by atoms with Crippen LogP contribution in [0, 0.1) is 5.82 Å². The van der Waals surface area contributed by atoms with E-state index in [0.717, 1.165) is 26.1 Å². The molecule has 0 radical (unpaired) electrons. The molecule has 0 atom stereocenters. The Morgan fingerprint density at radius 2 is 0.977 bits per heavy atom. The molecule has 8 bridgehead atoms. The molecule has 5 heterocycles. The first-order valence-electron chi connectivity index (χ1n) is 13.3. The highest BCUT2D eigenvalue weighted by Gasteiger charge is 2.55. The minimum atomic E-state index is -5.57. The molecule has 4 aromatic rings. The first-order valence-corrected chi connectivity index (χ1v) is 13.3. The summed E-state index contributed by atoms with van der Waals surface area (Å²) in [6.07, 6.45) is -14.9. The lowest BCUT2D eigenvalue weighted by Gasteiger charge is -2.42. The Hall–Kier alpha value is -3.84. The Balaban J connectivity index is 2.03. The third-order valence-corrected chi connectivity index (χ3v) is 8.92. The quantitative estimate of drug-likeness (QED) is 0.181. The minimum Gasteiger partial charge on any atom is -0.296 e. The summed E-state index contributed by atoms with van der Waals surface area (Å²) in [7, 11) is 0. The Morgan fingerprint density at radius 3 is 1.41 bits per heavy atom. The van der Waals surface area contributed by atoms with Gasteiger partial charge in [0.15, 0.2) is 11.5 Å². The van der Waals surface area contributed by atoms with Gasteiger partial charge in [-0.15, -0.1) is 0 Å². The van der Waals surface area contributed by atoms with Gasteiger partial charge in [-0.05, 0) is 43.7 Å². The monoisotopic (exact) mass is 632 g/mol. The van der Waals surface area contributed by atoms with Crippen molar-refractivity contribution in [2.75, 3.05) is 0 Å². The fourth-order valence-electron chi connectivity index (χ4n) is 5.70. The summed E-state index contributed by atoms with van der Waals surface area (Å²) in [5.74, 6) is -2.58. The van der Waals surface area contributed by atoms with Gasteiger partial charge in [0, 0.05) is 34.2 Å². The molecule has 0 spiro atoms. The largest absolute Gasteiger partial charge is 0.434 e. The highest BCUT2D eigenvalue weighted by atomic mass is 19.4. The molecule has 5 rings (SSSR count). The average molecular weight is 633 g/mol. The van der Waals surface area contributed by atoms with Gasteiger partial charge in [0.1, 0.15) is 17.3 Å². The van der Waals surface area contributed by atoms with E-state index in [4.69, 9.17) is 0 Å². The molecule has 0 aromatic carbocycles. The van der Waals surface area contributed by atoms with Gasteiger partial charge >= 0.3 is 18.5 Å². The average Bonchev–Trinajstić information content (AvgIpc) is 3.48. The molecule has 0 amide bonds. The normalized spacial score (nSPS) is 17.6. The van der Waals surface area contributed by atoms with Crippen molar-refractivity contribution in [3.05, 3.63) is 94.1 Å². The number of hydrogen-bond donors (Lipinski definition) is 0. The van der Waals surface area contributed by atoms with Crippen LogP contribution in [0.15, 0.2) is 48.8 Å². The molecule has 44 heavy (non-hydrogen) atoms. The van der Waals surface area contributed by atoms with Crippen molar-refractivity contribution in [2.45, 2.75) is 76.3 Å². The third-order valence-electron chi connectivity index (χ3n) is 8.92. The molecule has 0 unspecified atom stereocenters. The van der Waals surface area contributed by atoms with Gasteiger partial charge in [-0.1, -0.05) is 39.8 Å². The summed E-state index contributed by atoms with van der Waals surface area (Å²) in [4.78, 5) is 8.68. The lowest BCUT2D eigenvalue weighted by atomic mass is 9.61. The summed E-state index contributed by atoms with van der Waals surface area (Å²) < 4.78 is 148. The van der Waals surface area contributed by atoms with Gasteiger partial charge in [-0.25, -0.2) is 14.4 Å². The molecular weight excluding hydrogens is 606 g/mol. The summed E-state index contributed by atoms with van der Waals surface area (Å²) in [6, 6.07) is 7.91. The van der Waals surface area contributed by atoms with Crippen molar-refractivity contribution >= 4 is 0 Å². The van der Waals surface area contributed by atoms with Crippen LogP contribution in [0.2, 0.25) is 0 Å². The van der Waals surface area contributed by atoms with Crippen molar-refractivity contribution in [3.63, 3.8) is 0 Å². The molecule has 0 saturated heterocycles. The number of fused-ring (bicyclic) bond motifs is 10. The standard InChI is InChI=1S/C30H26F10N4/c1-25(2)17-9-7-11-19(41-17)43-13-15(21(28(32,33)34)23(43)29(35,36)37)26(3,4)27(5,6)16-14-44(20-12-8-10-18(25)42-20)24(22(16)31)30(38,39)40/h7-14H,1-6H3. The number of pyridine rings is 2. The van der Waals surface area contributed by atoms with E-state index < -0.39 is 74.5 Å². The van der Waals surface area contributed by atoms with E-state index in [2.05, 4.69) is 9.97 Å². The van der Waals surface area contributed by atoms with Crippen LogP contribution >= 0.6 is 0 Å². The van der Waals surface area contributed by atoms with Gasteiger partial charge in [0.2, 0.25) is 0 Å². The Bertz CT molecular complexity index is 1770. The zero-order valence-electron chi connectivity index (χ0n) is 24.2. The summed E-state index contributed by atoms with van der Waals surface area (Å²) in [5.41, 5.74) is -12.5. The maximum Gasteiger partial charge on any atom is 0.434 e. The lowest BCUT2D eigenvalue weighted by molar-refractivity contribution is -0.165. The lowest BCUT2D eigenvalue weighted by Crippen LogP contribution is -2.42. The molecule has 1 aliphatic heterocycles. The molecule has 0 aliphatic carbocycles. The number of alkyl halides is 9. The highest BCUT2D eigenvalue weighted by Crippen LogP contribution is 2.54. The van der Waals surface area contributed by atoms with E-state index in [9.17, 15) is 39.5 Å². The molecule has 4 nitrogen and oxygen atoms in total. The number of halogens is 10. The molecule has 0 saturated carbocycles. The van der Waals surface area contributed by atoms with E-state index in [1.54, 1.807) is 13.8 Å². The zero-order chi connectivity index (χ0) is 33.0. The molecule has 4 aromatic heterocycles. The first-order chi connectivity index (χ1) is 19.9. The van der Waals surface area contributed by atoms with Crippen molar-refractivity contribution in [3.8, 4) is 11.6 Å². The number of hydrogen-bond acceptors (Lipinski definition) is 2. The maximum absolute atomic E-state index is 16.0. The van der Waals surface area contributed by atoms with E-state index in [1.165, 1.54) is 44.2 Å². The van der Waals surface area contributed by atoms with Crippen LogP contribution < -0.4 is 0 Å². The predicted molar refractivity (Wildman–Crippen MR) is 140 cm³/mol. The van der Waals surface area contributed by atoms with E-state index in [-0.39, 0.29) is 17.2 Å². The van der Waals surface area contributed by atoms with Crippen molar-refractivity contribution in [2.24, 2.45) is 0 Å². The van der Waals surface area contributed by atoms with Crippen molar-refractivity contribution in [1.29, 1.82) is 0 Å². The Morgan fingerprint density at radius 1 is 0.568 bits per heavy atom. The maximum atomic E-state index is 16.0. The van der Waals surface area contributed by atoms with Crippen LogP contribution in [0.3, 0.4) is 0 Å². The molecular formula is C30H26F10N4. The number of rotatable bonds is 0. The smallest absolute Gasteiger partial charge is 0.296 e. The molecule has 1 aliphatic rings. The zero-order valence-corrected chi connectivity index (χ0v) is 24.2. The summed E-state index contributed by atoms with van der Waals surface area (Å²) >= 11 is 0. The van der Waals surface area contributed by atoms with Crippen molar-refractivity contribution in [1.82, 2.24) is 19.1 Å². The Kier molecular flexibility index (Phi) is 6.70. The SMILES string of the molecule is CC1(C)c2cccc(n2)-n2cc(c(F)c2C(F)(F)F)C(C)(C)C(C)(C)c2cn(c(C(F)(F)F)c2C(F)(F)F)-c2cccc1n2. The number of aromatic nitrogens is 4. The summed E-state index contributed by atoms with van der Waals surface area (Å²) in [6.45, 7) is 7.74. The molecule has 14 heteroatoms. The van der Waals surface area contributed by atoms with Crippen LogP contribution in [0.1, 0.15) is 81.0 Å². The second-order valence-corrected chi connectivity index (χ2v) is 12.3. The second kappa shape index (κ2) is 9.33. The van der Waals surface area contributed by atoms with E-state index >= 15 is 4.39 Å². The minimum absolute atomic E-state index is 0.0708. The van der Waals surface area contributed by atoms with Gasteiger partial charge in [0.05, 0.1) is 17.0 Å². The third kappa shape index (κ3) is 4.59. The van der Waals surface area contributed by atoms with Gasteiger partial charge in [-0.2, -0.15) is 39.5 Å². The van der Waals surface area contributed by atoms with Gasteiger partial charge in [0.25, 0.3) is 0 Å². The topological polar surface area (TPSA) is 35.6 Å². The van der Waals surface area contributed by atoms with Crippen LogP contribution in [-0.2, 0) is 34.8 Å². The molecule has 236 valence electrons. The number of nitrogens with zero attached hydrogens (tertiary/aromatic N) is 4. The fraction of sp³-hybridized carbons (Fsp3) is 0.400. The van der Waals surface area contributed by atoms with Gasteiger partial charge in [-0.3, -0.25) is 9.13 Å².